The zero-order chi connectivity index (χ0) is 13.9. The minimum atomic E-state index is -0.271. The fraction of sp³-hybridized carbons (Fsp3) is 0.312. The summed E-state index contributed by atoms with van der Waals surface area (Å²) in [5, 5.41) is 2.09. The van der Waals surface area contributed by atoms with Crippen molar-refractivity contribution in [2.75, 3.05) is 0 Å². The van der Waals surface area contributed by atoms with E-state index in [1.54, 1.807) is 6.92 Å². The molecule has 3 heteroatoms. The van der Waals surface area contributed by atoms with Gasteiger partial charge in [0.15, 0.2) is 0 Å². The molecule has 0 aliphatic heterocycles. The minimum Gasteiger partial charge on any atom is -0.461 e. The number of hydrogen-bond acceptors (Lipinski definition) is 3. The average molecular weight is 256 g/mol. The molecule has 0 radical (unpaired) electrons. The molecular formula is C16H16O3. The van der Waals surface area contributed by atoms with Crippen LogP contribution in [0.15, 0.2) is 19.7 Å². The van der Waals surface area contributed by atoms with Gasteiger partial charge in [-0.25, -0.2) is 4.79 Å². The van der Waals surface area contributed by atoms with Crippen LogP contribution in [-0.4, -0.2) is 0 Å². The monoisotopic (exact) mass is 256 g/mol. The van der Waals surface area contributed by atoms with E-state index in [1.807, 2.05) is 27.7 Å². The molecule has 19 heavy (non-hydrogen) atoms. The molecule has 3 rings (SSSR count). The molecule has 0 aliphatic rings. The summed E-state index contributed by atoms with van der Waals surface area (Å²) in [5.41, 5.74) is 4.86. The molecular weight excluding hydrogens is 240 g/mol. The molecule has 3 nitrogen and oxygen atoms in total. The van der Waals surface area contributed by atoms with E-state index in [-0.39, 0.29) is 5.63 Å². The number of fused-ring (bicyclic) bond motifs is 2. The fourth-order valence-corrected chi connectivity index (χ4v) is 2.55. The van der Waals surface area contributed by atoms with E-state index in [0.29, 0.717) is 11.1 Å². The van der Waals surface area contributed by atoms with E-state index in [9.17, 15) is 4.79 Å². The van der Waals surface area contributed by atoms with Gasteiger partial charge in [-0.3, -0.25) is 0 Å². The molecule has 1 aromatic carbocycles. The Morgan fingerprint density at radius 3 is 2.00 bits per heavy atom. The van der Waals surface area contributed by atoms with Crippen LogP contribution in [0.2, 0.25) is 0 Å². The van der Waals surface area contributed by atoms with Gasteiger partial charge in [0.2, 0.25) is 0 Å². The molecule has 3 aromatic rings. The molecule has 98 valence electrons. The number of hydrogen-bond donors (Lipinski definition) is 0. The molecule has 0 aliphatic carbocycles. The highest BCUT2D eigenvalue weighted by Gasteiger charge is 2.16. The Hall–Kier alpha value is -2.03. The highest BCUT2D eigenvalue weighted by Crippen LogP contribution is 2.34. The standard InChI is InChI=1S/C16H16O3/c1-7-8(2)16(17)19-15-10(4)14-13(6-12(7)15)9(3)11(5)18-14/h6H,1-5H3. The first-order valence-electron chi connectivity index (χ1n) is 6.35. The smallest absolute Gasteiger partial charge is 0.339 e. The Morgan fingerprint density at radius 1 is 0.737 bits per heavy atom. The van der Waals surface area contributed by atoms with Crippen LogP contribution in [0.3, 0.4) is 0 Å². The maximum absolute atomic E-state index is 11.8. The number of aryl methyl sites for hydroxylation is 4. The van der Waals surface area contributed by atoms with Crippen LogP contribution in [-0.2, 0) is 0 Å². The topological polar surface area (TPSA) is 43.4 Å². The summed E-state index contributed by atoms with van der Waals surface area (Å²) in [5.74, 6) is 0.908. The lowest BCUT2D eigenvalue weighted by Gasteiger charge is -2.07. The van der Waals surface area contributed by atoms with E-state index < -0.39 is 0 Å². The van der Waals surface area contributed by atoms with Crippen LogP contribution < -0.4 is 5.63 Å². The van der Waals surface area contributed by atoms with Crippen molar-refractivity contribution in [2.45, 2.75) is 34.6 Å². The van der Waals surface area contributed by atoms with Crippen LogP contribution in [0, 0.1) is 34.6 Å². The highest BCUT2D eigenvalue weighted by molar-refractivity contribution is 6.00. The number of furan rings is 1. The second kappa shape index (κ2) is 3.73. The molecule has 0 unspecified atom stereocenters. The largest absolute Gasteiger partial charge is 0.461 e. The summed E-state index contributed by atoms with van der Waals surface area (Å²) in [4.78, 5) is 11.8. The summed E-state index contributed by atoms with van der Waals surface area (Å²) < 4.78 is 11.2. The summed E-state index contributed by atoms with van der Waals surface area (Å²) in [6.07, 6.45) is 0. The van der Waals surface area contributed by atoms with E-state index >= 15 is 0 Å². The first kappa shape index (κ1) is 12.0. The number of benzene rings is 1. The predicted molar refractivity (Wildman–Crippen MR) is 75.9 cm³/mol. The molecule has 0 spiro atoms. The van der Waals surface area contributed by atoms with Crippen LogP contribution in [0.25, 0.3) is 21.9 Å². The van der Waals surface area contributed by atoms with Gasteiger partial charge in [-0.1, -0.05) is 0 Å². The van der Waals surface area contributed by atoms with Crippen molar-refractivity contribution in [3.8, 4) is 0 Å². The van der Waals surface area contributed by atoms with Crippen LogP contribution in [0.4, 0.5) is 0 Å². The minimum absolute atomic E-state index is 0.271. The molecule has 0 saturated carbocycles. The van der Waals surface area contributed by atoms with Crippen molar-refractivity contribution in [3.63, 3.8) is 0 Å². The van der Waals surface area contributed by atoms with Gasteiger partial charge in [0.1, 0.15) is 16.9 Å². The molecule has 0 atom stereocenters. The Labute approximate surface area is 110 Å². The molecule has 0 N–H and O–H groups in total. The lowest BCUT2D eigenvalue weighted by molar-refractivity contribution is 0.546. The van der Waals surface area contributed by atoms with E-state index in [0.717, 1.165) is 38.8 Å². The van der Waals surface area contributed by atoms with Gasteiger partial charge in [0.05, 0.1) is 0 Å². The van der Waals surface area contributed by atoms with Crippen molar-refractivity contribution >= 4 is 21.9 Å². The zero-order valence-electron chi connectivity index (χ0n) is 11.8. The second-order valence-corrected chi connectivity index (χ2v) is 5.18. The zero-order valence-corrected chi connectivity index (χ0v) is 11.8. The Kier molecular flexibility index (Phi) is 2.36. The normalized spacial score (nSPS) is 11.6. The molecule has 0 bridgehead atoms. The van der Waals surface area contributed by atoms with Gasteiger partial charge >= 0.3 is 5.63 Å². The van der Waals surface area contributed by atoms with Crippen molar-refractivity contribution in [1.29, 1.82) is 0 Å². The van der Waals surface area contributed by atoms with Gasteiger partial charge in [-0.05, 0) is 51.8 Å². The van der Waals surface area contributed by atoms with Crippen LogP contribution in [0.1, 0.15) is 28.0 Å². The summed E-state index contributed by atoms with van der Waals surface area (Å²) in [6.45, 7) is 9.70. The maximum Gasteiger partial charge on any atom is 0.339 e. The van der Waals surface area contributed by atoms with E-state index in [4.69, 9.17) is 8.83 Å². The van der Waals surface area contributed by atoms with Crippen molar-refractivity contribution < 1.29 is 8.83 Å². The average Bonchev–Trinajstić information content (AvgIpc) is 2.66. The third kappa shape index (κ3) is 1.47. The summed E-state index contributed by atoms with van der Waals surface area (Å²) in [7, 11) is 0. The highest BCUT2D eigenvalue weighted by atomic mass is 16.4. The van der Waals surface area contributed by atoms with Crippen molar-refractivity contribution in [2.24, 2.45) is 0 Å². The van der Waals surface area contributed by atoms with Crippen LogP contribution in [0.5, 0.6) is 0 Å². The lowest BCUT2D eigenvalue weighted by Crippen LogP contribution is -2.06. The predicted octanol–water partition coefficient (Wildman–Crippen LogP) is 4.08. The SMILES string of the molecule is Cc1oc2c(C)c3oc(=O)c(C)c(C)c3cc2c1C. The van der Waals surface area contributed by atoms with Gasteiger partial charge in [-0.2, -0.15) is 0 Å². The van der Waals surface area contributed by atoms with Crippen LogP contribution >= 0.6 is 0 Å². The van der Waals surface area contributed by atoms with Gasteiger partial charge in [0, 0.05) is 21.9 Å². The third-order valence-corrected chi connectivity index (χ3v) is 4.11. The Bertz CT molecular complexity index is 879. The Balaban J connectivity index is 2.65. The first-order chi connectivity index (χ1) is 8.91. The van der Waals surface area contributed by atoms with Gasteiger partial charge in [-0.15, -0.1) is 0 Å². The second-order valence-electron chi connectivity index (χ2n) is 5.18. The maximum atomic E-state index is 11.8. The molecule has 0 fully saturated rings. The van der Waals surface area contributed by atoms with Crippen molar-refractivity contribution in [1.82, 2.24) is 0 Å². The molecule has 2 aromatic heterocycles. The van der Waals surface area contributed by atoms with E-state index in [1.165, 1.54) is 0 Å². The van der Waals surface area contributed by atoms with E-state index in [2.05, 4.69) is 6.07 Å². The third-order valence-electron chi connectivity index (χ3n) is 4.11. The molecule has 0 amide bonds. The fourth-order valence-electron chi connectivity index (χ4n) is 2.55. The quantitative estimate of drug-likeness (QED) is 0.569. The summed E-state index contributed by atoms with van der Waals surface area (Å²) in [6, 6.07) is 2.06. The Morgan fingerprint density at radius 2 is 1.32 bits per heavy atom. The number of rotatable bonds is 0. The lowest BCUT2D eigenvalue weighted by atomic mass is 10.0. The molecule has 0 saturated heterocycles. The summed E-state index contributed by atoms with van der Waals surface area (Å²) >= 11 is 0. The van der Waals surface area contributed by atoms with Gasteiger partial charge < -0.3 is 8.83 Å². The van der Waals surface area contributed by atoms with Gasteiger partial charge in [0.25, 0.3) is 0 Å². The molecule has 2 heterocycles. The van der Waals surface area contributed by atoms with Crippen molar-refractivity contribution in [3.05, 3.63) is 44.5 Å². The first-order valence-corrected chi connectivity index (χ1v) is 6.35.